The Balaban J connectivity index is 1.47. The third-order valence-electron chi connectivity index (χ3n) is 7.53. The predicted octanol–water partition coefficient (Wildman–Crippen LogP) is 4.36. The van der Waals surface area contributed by atoms with Crippen LogP contribution in [0.25, 0.3) is 0 Å². The smallest absolute Gasteiger partial charge is 0.225 e. The highest BCUT2D eigenvalue weighted by molar-refractivity contribution is 5.79. The van der Waals surface area contributed by atoms with Gasteiger partial charge >= 0.3 is 0 Å². The molecule has 1 aliphatic carbocycles. The van der Waals surface area contributed by atoms with Crippen molar-refractivity contribution in [2.45, 2.75) is 76.7 Å². The van der Waals surface area contributed by atoms with Crippen LogP contribution in [0, 0.1) is 5.92 Å². The summed E-state index contributed by atoms with van der Waals surface area (Å²) in [5.41, 5.74) is 0.905. The molecule has 5 nitrogen and oxygen atoms in total. The first-order valence-corrected chi connectivity index (χ1v) is 11.9. The van der Waals surface area contributed by atoms with Crippen molar-refractivity contribution in [1.29, 1.82) is 0 Å². The Kier molecular flexibility index (Phi) is 6.35. The van der Waals surface area contributed by atoms with E-state index >= 15 is 0 Å². The van der Waals surface area contributed by atoms with Crippen molar-refractivity contribution in [3.8, 4) is 5.75 Å². The number of para-hydroxylation sites is 1. The van der Waals surface area contributed by atoms with E-state index in [9.17, 15) is 9.59 Å². The van der Waals surface area contributed by atoms with Crippen molar-refractivity contribution < 1.29 is 14.3 Å². The molecule has 164 valence electrons. The summed E-state index contributed by atoms with van der Waals surface area (Å²) in [5.74, 6) is 1.93. The fraction of sp³-hybridized carbons (Fsp3) is 0.680. The van der Waals surface area contributed by atoms with Gasteiger partial charge in [0.2, 0.25) is 11.8 Å². The van der Waals surface area contributed by atoms with Crippen LogP contribution >= 0.6 is 0 Å². The molecule has 0 radical (unpaired) electrons. The Morgan fingerprint density at radius 2 is 1.77 bits per heavy atom. The maximum Gasteiger partial charge on any atom is 0.225 e. The lowest BCUT2D eigenvalue weighted by molar-refractivity contribution is -0.139. The zero-order valence-electron chi connectivity index (χ0n) is 18.6. The SMILES string of the molecule is CCN(CC)C(=O)C[C@H]1CC2(CCN(C(=O)C3CCCC3)CC2)Oc2ccccc21. The molecule has 0 aromatic heterocycles. The van der Waals surface area contributed by atoms with Crippen LogP contribution in [0.1, 0.15) is 76.7 Å². The van der Waals surface area contributed by atoms with E-state index in [0.29, 0.717) is 12.3 Å². The summed E-state index contributed by atoms with van der Waals surface area (Å²) in [6.45, 7) is 7.13. The average molecular weight is 413 g/mol. The number of ether oxygens (including phenoxy) is 1. The number of hydrogen-bond acceptors (Lipinski definition) is 3. The van der Waals surface area contributed by atoms with E-state index < -0.39 is 0 Å². The Labute approximate surface area is 180 Å². The van der Waals surface area contributed by atoms with Gasteiger partial charge in [-0.15, -0.1) is 0 Å². The molecule has 1 aromatic carbocycles. The van der Waals surface area contributed by atoms with Gasteiger partial charge in [0, 0.05) is 57.3 Å². The first-order valence-electron chi connectivity index (χ1n) is 11.9. The second-order valence-corrected chi connectivity index (χ2v) is 9.30. The molecule has 0 N–H and O–H groups in total. The number of benzene rings is 1. The molecule has 1 saturated carbocycles. The molecular weight excluding hydrogens is 376 g/mol. The number of piperidine rings is 1. The van der Waals surface area contributed by atoms with E-state index in [1.165, 1.54) is 12.8 Å². The van der Waals surface area contributed by atoms with E-state index in [1.807, 2.05) is 36.9 Å². The van der Waals surface area contributed by atoms with Crippen LogP contribution in [0.2, 0.25) is 0 Å². The molecule has 1 atom stereocenters. The van der Waals surface area contributed by atoms with Crippen molar-refractivity contribution in [3.63, 3.8) is 0 Å². The molecule has 1 aromatic rings. The van der Waals surface area contributed by atoms with Crippen molar-refractivity contribution in [2.75, 3.05) is 26.2 Å². The minimum Gasteiger partial charge on any atom is -0.487 e. The van der Waals surface area contributed by atoms with Gasteiger partial charge in [-0.1, -0.05) is 31.0 Å². The summed E-state index contributed by atoms with van der Waals surface area (Å²) in [4.78, 5) is 29.7. The van der Waals surface area contributed by atoms with Gasteiger partial charge in [0.15, 0.2) is 0 Å². The number of hydrogen-bond donors (Lipinski definition) is 0. The van der Waals surface area contributed by atoms with Crippen LogP contribution in [0.4, 0.5) is 0 Å². The van der Waals surface area contributed by atoms with Gasteiger partial charge in [0.05, 0.1) is 0 Å². The van der Waals surface area contributed by atoms with Gasteiger partial charge < -0.3 is 14.5 Å². The molecule has 1 saturated heterocycles. The Bertz CT molecular complexity index is 759. The van der Waals surface area contributed by atoms with Crippen molar-refractivity contribution in [2.24, 2.45) is 5.92 Å². The first-order chi connectivity index (χ1) is 14.5. The quantitative estimate of drug-likeness (QED) is 0.722. The normalized spacial score (nSPS) is 23.1. The Morgan fingerprint density at radius 1 is 1.10 bits per heavy atom. The molecule has 30 heavy (non-hydrogen) atoms. The Hall–Kier alpha value is -2.04. The summed E-state index contributed by atoms with van der Waals surface area (Å²) in [6, 6.07) is 8.21. The van der Waals surface area contributed by atoms with Gasteiger partial charge in [0.25, 0.3) is 0 Å². The molecule has 2 heterocycles. The first kappa shape index (κ1) is 21.2. The molecule has 3 aliphatic rings. The highest BCUT2D eigenvalue weighted by Gasteiger charge is 2.45. The summed E-state index contributed by atoms with van der Waals surface area (Å²) in [5, 5.41) is 0. The van der Waals surface area contributed by atoms with Crippen molar-refractivity contribution in [3.05, 3.63) is 29.8 Å². The van der Waals surface area contributed by atoms with E-state index in [2.05, 4.69) is 11.0 Å². The number of carbonyl (C=O) groups is 2. The predicted molar refractivity (Wildman–Crippen MR) is 117 cm³/mol. The van der Waals surface area contributed by atoms with Gasteiger partial charge in [-0.2, -0.15) is 0 Å². The number of carbonyl (C=O) groups excluding carboxylic acids is 2. The fourth-order valence-corrected chi connectivity index (χ4v) is 5.71. The van der Waals surface area contributed by atoms with Crippen LogP contribution in [0.15, 0.2) is 24.3 Å². The van der Waals surface area contributed by atoms with Crippen LogP contribution in [0.3, 0.4) is 0 Å². The second kappa shape index (κ2) is 8.99. The minimum atomic E-state index is -0.255. The number of amides is 2. The van der Waals surface area contributed by atoms with E-state index in [-0.39, 0.29) is 23.3 Å². The average Bonchev–Trinajstić information content (AvgIpc) is 3.30. The van der Waals surface area contributed by atoms with E-state index in [0.717, 1.165) is 69.6 Å². The summed E-state index contributed by atoms with van der Waals surface area (Å²) in [7, 11) is 0. The van der Waals surface area contributed by atoms with Crippen molar-refractivity contribution in [1.82, 2.24) is 9.80 Å². The third kappa shape index (κ3) is 4.21. The van der Waals surface area contributed by atoms with Crippen LogP contribution in [0.5, 0.6) is 5.75 Å². The van der Waals surface area contributed by atoms with Gasteiger partial charge in [-0.25, -0.2) is 0 Å². The topological polar surface area (TPSA) is 49.9 Å². The third-order valence-corrected chi connectivity index (χ3v) is 7.53. The molecule has 2 aliphatic heterocycles. The minimum absolute atomic E-state index is 0.181. The number of rotatable bonds is 5. The lowest BCUT2D eigenvalue weighted by atomic mass is 9.76. The molecule has 0 bridgehead atoms. The maximum absolute atomic E-state index is 12.9. The number of fused-ring (bicyclic) bond motifs is 1. The standard InChI is InChI=1S/C25H36N2O3/c1-3-26(4-2)23(28)17-20-18-25(30-22-12-8-7-11-21(20)22)13-15-27(16-14-25)24(29)19-9-5-6-10-19/h7-8,11-12,19-20H,3-6,9-10,13-18H2,1-2H3/t20-/m0/s1. The molecule has 4 rings (SSSR count). The fourth-order valence-electron chi connectivity index (χ4n) is 5.71. The number of likely N-dealkylation sites (tertiary alicyclic amines) is 1. The van der Waals surface area contributed by atoms with Crippen LogP contribution in [-0.2, 0) is 9.59 Å². The largest absolute Gasteiger partial charge is 0.487 e. The molecule has 2 fully saturated rings. The lowest BCUT2D eigenvalue weighted by Crippen LogP contribution is -2.52. The van der Waals surface area contributed by atoms with Crippen LogP contribution in [-0.4, -0.2) is 53.4 Å². The van der Waals surface area contributed by atoms with E-state index in [1.54, 1.807) is 0 Å². The summed E-state index contributed by atoms with van der Waals surface area (Å²) >= 11 is 0. The molecule has 1 spiro atoms. The molecular formula is C25H36N2O3. The summed E-state index contributed by atoms with van der Waals surface area (Å²) < 4.78 is 6.58. The van der Waals surface area contributed by atoms with Gasteiger partial charge in [-0.3, -0.25) is 9.59 Å². The molecule has 2 amide bonds. The monoisotopic (exact) mass is 412 g/mol. The lowest BCUT2D eigenvalue weighted by Gasteiger charge is -2.47. The van der Waals surface area contributed by atoms with Crippen molar-refractivity contribution >= 4 is 11.8 Å². The zero-order valence-corrected chi connectivity index (χ0v) is 18.6. The van der Waals surface area contributed by atoms with Gasteiger partial charge in [-0.05, 0) is 44.7 Å². The van der Waals surface area contributed by atoms with E-state index in [4.69, 9.17) is 4.74 Å². The second-order valence-electron chi connectivity index (χ2n) is 9.30. The summed E-state index contributed by atoms with van der Waals surface area (Å²) in [6.07, 6.45) is 7.61. The Morgan fingerprint density at radius 3 is 2.43 bits per heavy atom. The highest BCUT2D eigenvalue weighted by atomic mass is 16.5. The molecule has 0 unspecified atom stereocenters. The maximum atomic E-state index is 12.9. The highest BCUT2D eigenvalue weighted by Crippen LogP contribution is 2.47. The zero-order chi connectivity index (χ0) is 21.1. The number of nitrogens with zero attached hydrogens (tertiary/aromatic N) is 2. The van der Waals surface area contributed by atoms with Crippen LogP contribution < -0.4 is 4.74 Å². The molecule has 5 heteroatoms. The van der Waals surface area contributed by atoms with Gasteiger partial charge in [0.1, 0.15) is 11.4 Å².